The third-order valence-electron chi connectivity index (χ3n) is 6.13. The van der Waals surface area contributed by atoms with E-state index in [1.165, 1.54) is 0 Å². The first-order valence-electron chi connectivity index (χ1n) is 12.5. The molecule has 0 saturated carbocycles. The molecular weight excluding hydrogens is 492 g/mol. The van der Waals surface area contributed by atoms with Crippen molar-refractivity contribution < 1.29 is 28.5 Å². The van der Waals surface area contributed by atoms with E-state index in [0.29, 0.717) is 11.5 Å². The Morgan fingerprint density at radius 3 is 1.74 bits per heavy atom. The third kappa shape index (κ3) is 6.93. The van der Waals surface area contributed by atoms with Gasteiger partial charge in [0.2, 0.25) is 0 Å². The van der Waals surface area contributed by atoms with Crippen LogP contribution in [0.15, 0.2) is 116 Å². The monoisotopic (exact) mass is 522 g/mol. The Balaban J connectivity index is 1.59. The summed E-state index contributed by atoms with van der Waals surface area (Å²) in [6.45, 7) is 9.17. The van der Waals surface area contributed by atoms with Gasteiger partial charge in [0.15, 0.2) is 12.2 Å². The Hall–Kier alpha value is -4.84. The second kappa shape index (κ2) is 13.1. The van der Waals surface area contributed by atoms with Crippen LogP contribution in [0.2, 0.25) is 0 Å². The van der Waals surface area contributed by atoms with Crippen molar-refractivity contribution in [1.82, 2.24) is 0 Å². The summed E-state index contributed by atoms with van der Waals surface area (Å²) in [6.07, 6.45) is 1.05. The number of benzene rings is 4. The van der Waals surface area contributed by atoms with Gasteiger partial charge in [-0.3, -0.25) is 0 Å². The van der Waals surface area contributed by atoms with E-state index in [2.05, 4.69) is 13.2 Å². The van der Waals surface area contributed by atoms with Gasteiger partial charge in [-0.2, -0.15) is 0 Å². The van der Waals surface area contributed by atoms with Crippen molar-refractivity contribution in [3.63, 3.8) is 0 Å². The molecule has 4 rings (SSSR count). The molecule has 4 aromatic carbocycles. The van der Waals surface area contributed by atoms with E-state index in [9.17, 15) is 9.59 Å². The van der Waals surface area contributed by atoms with Crippen molar-refractivity contribution in [2.45, 2.75) is 19.1 Å². The number of carbonyl (C=O) groups excluding carboxylic acids is 2. The van der Waals surface area contributed by atoms with Gasteiger partial charge >= 0.3 is 11.9 Å². The molecule has 6 heteroatoms. The minimum atomic E-state index is -0.614. The standard InChI is InChI=1S/C33H30O6/c1-4-31(34)38-29(24-13-8-6-9-14-24)21-36-28-18-12-17-27-26(28)20-19-23(3)33(27)37-22-30(39-32(35)5-2)25-15-10-7-11-16-25/h4-20,29-30H,1-2,21-22H2,3H3. The summed E-state index contributed by atoms with van der Waals surface area (Å²) >= 11 is 0. The molecular formula is C33H30O6. The lowest BCUT2D eigenvalue weighted by atomic mass is 10.0. The highest BCUT2D eigenvalue weighted by molar-refractivity contribution is 5.94. The molecule has 0 aliphatic carbocycles. The van der Waals surface area contributed by atoms with E-state index in [4.69, 9.17) is 18.9 Å². The summed E-state index contributed by atoms with van der Waals surface area (Å²) in [4.78, 5) is 24.0. The minimum absolute atomic E-state index is 0.111. The van der Waals surface area contributed by atoms with Crippen LogP contribution in [0, 0.1) is 6.92 Å². The second-order valence-electron chi connectivity index (χ2n) is 8.77. The first-order chi connectivity index (χ1) is 19.0. The fourth-order valence-corrected chi connectivity index (χ4v) is 4.16. The maximum absolute atomic E-state index is 12.0. The van der Waals surface area contributed by atoms with Crippen LogP contribution >= 0.6 is 0 Å². The van der Waals surface area contributed by atoms with Crippen LogP contribution in [0.25, 0.3) is 10.8 Å². The van der Waals surface area contributed by atoms with Gasteiger partial charge < -0.3 is 18.9 Å². The zero-order valence-electron chi connectivity index (χ0n) is 21.7. The number of fused-ring (bicyclic) bond motifs is 1. The van der Waals surface area contributed by atoms with Crippen molar-refractivity contribution in [2.75, 3.05) is 13.2 Å². The Morgan fingerprint density at radius 1 is 0.667 bits per heavy atom. The normalized spacial score (nSPS) is 12.1. The molecule has 198 valence electrons. The van der Waals surface area contributed by atoms with Crippen LogP contribution in [-0.4, -0.2) is 25.2 Å². The summed E-state index contributed by atoms with van der Waals surface area (Å²) in [7, 11) is 0. The van der Waals surface area contributed by atoms with E-state index >= 15 is 0 Å². The number of aryl methyl sites for hydroxylation is 1. The Kier molecular flexibility index (Phi) is 9.14. The van der Waals surface area contributed by atoms with E-state index < -0.39 is 24.1 Å². The number of hydrogen-bond donors (Lipinski definition) is 0. The fourth-order valence-electron chi connectivity index (χ4n) is 4.16. The average molecular weight is 523 g/mol. The van der Waals surface area contributed by atoms with E-state index in [0.717, 1.165) is 39.6 Å². The van der Waals surface area contributed by atoms with Crippen LogP contribution in [0.4, 0.5) is 0 Å². The highest BCUT2D eigenvalue weighted by Crippen LogP contribution is 2.36. The molecule has 0 saturated heterocycles. The van der Waals surface area contributed by atoms with Gasteiger partial charge in [-0.15, -0.1) is 0 Å². The largest absolute Gasteiger partial charge is 0.489 e. The second-order valence-corrected chi connectivity index (χ2v) is 8.77. The van der Waals surface area contributed by atoms with Gasteiger partial charge in [-0.05, 0) is 29.7 Å². The molecule has 2 unspecified atom stereocenters. The van der Waals surface area contributed by atoms with Crippen molar-refractivity contribution in [3.8, 4) is 11.5 Å². The highest BCUT2D eigenvalue weighted by atomic mass is 16.6. The van der Waals surface area contributed by atoms with Gasteiger partial charge in [0, 0.05) is 22.9 Å². The molecule has 4 aromatic rings. The van der Waals surface area contributed by atoms with E-state index in [1.54, 1.807) is 0 Å². The molecule has 39 heavy (non-hydrogen) atoms. The predicted octanol–water partition coefficient (Wildman–Crippen LogP) is 6.85. The number of rotatable bonds is 12. The van der Waals surface area contributed by atoms with Crippen LogP contribution in [0.5, 0.6) is 11.5 Å². The van der Waals surface area contributed by atoms with Crippen LogP contribution in [0.1, 0.15) is 28.9 Å². The lowest BCUT2D eigenvalue weighted by molar-refractivity contribution is -0.145. The zero-order valence-corrected chi connectivity index (χ0v) is 21.7. The molecule has 0 spiro atoms. The third-order valence-corrected chi connectivity index (χ3v) is 6.13. The smallest absolute Gasteiger partial charge is 0.330 e. The number of hydrogen-bond acceptors (Lipinski definition) is 6. The maximum Gasteiger partial charge on any atom is 0.330 e. The average Bonchev–Trinajstić information content (AvgIpc) is 2.98. The van der Waals surface area contributed by atoms with E-state index in [-0.39, 0.29) is 13.2 Å². The molecule has 0 heterocycles. The number of ether oxygens (including phenoxy) is 4. The zero-order chi connectivity index (χ0) is 27.6. The van der Waals surface area contributed by atoms with Crippen LogP contribution < -0.4 is 9.47 Å². The molecule has 6 nitrogen and oxygen atoms in total. The lowest BCUT2D eigenvalue weighted by Crippen LogP contribution is -2.17. The quantitative estimate of drug-likeness (QED) is 0.150. The molecule has 0 N–H and O–H groups in total. The molecule has 0 aromatic heterocycles. The Labute approximate surface area is 228 Å². The first-order valence-corrected chi connectivity index (χ1v) is 12.5. The number of esters is 2. The summed E-state index contributed by atoms with van der Waals surface area (Å²) in [5.74, 6) is 0.224. The van der Waals surface area contributed by atoms with Crippen molar-refractivity contribution in [1.29, 1.82) is 0 Å². The summed E-state index contributed by atoms with van der Waals surface area (Å²) < 4.78 is 23.6. The molecule has 0 fully saturated rings. The fraction of sp³-hybridized carbons (Fsp3) is 0.152. The van der Waals surface area contributed by atoms with Crippen molar-refractivity contribution >= 4 is 22.7 Å². The van der Waals surface area contributed by atoms with Crippen molar-refractivity contribution in [2.24, 2.45) is 0 Å². The molecule has 0 aliphatic rings. The van der Waals surface area contributed by atoms with Crippen LogP contribution in [-0.2, 0) is 19.1 Å². The maximum atomic E-state index is 12.0. The Bertz CT molecular complexity index is 1450. The van der Waals surface area contributed by atoms with Gasteiger partial charge in [0.25, 0.3) is 0 Å². The highest BCUT2D eigenvalue weighted by Gasteiger charge is 2.20. The number of carbonyl (C=O) groups is 2. The van der Waals surface area contributed by atoms with Gasteiger partial charge in [0.1, 0.15) is 24.7 Å². The van der Waals surface area contributed by atoms with Gasteiger partial charge in [-0.25, -0.2) is 9.59 Å². The molecule has 0 radical (unpaired) electrons. The summed E-state index contributed by atoms with van der Waals surface area (Å²) in [6, 6.07) is 28.4. The summed E-state index contributed by atoms with van der Waals surface area (Å²) in [5, 5.41) is 1.67. The molecule has 0 amide bonds. The molecule has 2 atom stereocenters. The lowest BCUT2D eigenvalue weighted by Gasteiger charge is -2.21. The van der Waals surface area contributed by atoms with Gasteiger partial charge in [-0.1, -0.05) is 98.1 Å². The minimum Gasteiger partial charge on any atom is -0.489 e. The topological polar surface area (TPSA) is 71.1 Å². The van der Waals surface area contributed by atoms with Crippen LogP contribution in [0.3, 0.4) is 0 Å². The molecule has 0 bridgehead atoms. The molecule has 0 aliphatic heterocycles. The first kappa shape index (κ1) is 27.2. The van der Waals surface area contributed by atoms with Gasteiger partial charge in [0.05, 0.1) is 0 Å². The SMILES string of the molecule is C=CC(=O)OC(COc1cccc2c(OCC(OC(=O)C=C)c3ccccc3)c(C)ccc12)c1ccccc1. The predicted molar refractivity (Wildman–Crippen MR) is 151 cm³/mol. The van der Waals surface area contributed by atoms with E-state index in [1.807, 2.05) is 97.9 Å². The van der Waals surface area contributed by atoms with Crippen molar-refractivity contribution in [3.05, 3.63) is 133 Å². The Morgan fingerprint density at radius 2 is 1.21 bits per heavy atom. The summed E-state index contributed by atoms with van der Waals surface area (Å²) in [5.41, 5.74) is 2.55.